The predicted molar refractivity (Wildman–Crippen MR) is 60.3 cm³/mol. The number of aliphatic carboxylic acids is 1. The van der Waals surface area contributed by atoms with Crippen LogP contribution < -0.4 is 10.6 Å². The van der Waals surface area contributed by atoms with Crippen LogP contribution in [0.2, 0.25) is 0 Å². The molecule has 6 nitrogen and oxygen atoms in total. The molecule has 1 rings (SSSR count). The minimum Gasteiger partial charge on any atom is -0.480 e. The van der Waals surface area contributed by atoms with Gasteiger partial charge in [0.1, 0.15) is 11.6 Å². The Labute approximate surface area is 99.8 Å². The summed E-state index contributed by atoms with van der Waals surface area (Å²) in [5, 5.41) is 14.1. The first-order valence-electron chi connectivity index (χ1n) is 5.74. The fraction of sp³-hybridized carbons (Fsp3) is 0.727. The second-order valence-corrected chi connectivity index (χ2v) is 4.54. The Kier molecular flexibility index (Phi) is 4.09. The maximum absolute atomic E-state index is 11.8. The van der Waals surface area contributed by atoms with Gasteiger partial charge in [-0.2, -0.15) is 0 Å². The first-order chi connectivity index (χ1) is 7.89. The van der Waals surface area contributed by atoms with E-state index >= 15 is 0 Å². The molecular weight excluding hydrogens is 224 g/mol. The van der Waals surface area contributed by atoms with Crippen LogP contribution in [0.15, 0.2) is 0 Å². The Morgan fingerprint density at radius 2 is 2.24 bits per heavy atom. The lowest BCUT2D eigenvalue weighted by Gasteiger charge is -2.27. The van der Waals surface area contributed by atoms with E-state index in [9.17, 15) is 14.4 Å². The molecule has 0 aromatic heterocycles. The molecule has 6 heteroatoms. The van der Waals surface area contributed by atoms with Crippen LogP contribution in [0.1, 0.15) is 39.5 Å². The highest BCUT2D eigenvalue weighted by molar-refractivity contribution is 5.93. The number of hydrogen-bond donors (Lipinski definition) is 3. The maximum Gasteiger partial charge on any atom is 0.329 e. The van der Waals surface area contributed by atoms with Gasteiger partial charge in [-0.3, -0.25) is 9.59 Å². The standard InChI is InChI=1S/C11H18N2O4/c1-3-6-11(2,10(16)17)13-9(15)7-4-5-8(14)12-7/h7H,3-6H2,1-2H3,(H,12,14)(H,13,15)(H,16,17). The summed E-state index contributed by atoms with van der Waals surface area (Å²) in [6.45, 7) is 3.33. The number of carbonyl (C=O) groups is 3. The van der Waals surface area contributed by atoms with Crippen molar-refractivity contribution in [1.29, 1.82) is 0 Å². The lowest BCUT2D eigenvalue weighted by atomic mass is 9.95. The van der Waals surface area contributed by atoms with E-state index in [1.807, 2.05) is 6.92 Å². The highest BCUT2D eigenvalue weighted by atomic mass is 16.4. The third-order valence-corrected chi connectivity index (χ3v) is 2.93. The Balaban J connectivity index is 2.64. The number of hydrogen-bond acceptors (Lipinski definition) is 3. The van der Waals surface area contributed by atoms with Crippen molar-refractivity contribution in [3.8, 4) is 0 Å². The van der Waals surface area contributed by atoms with E-state index in [4.69, 9.17) is 5.11 Å². The van der Waals surface area contributed by atoms with Gasteiger partial charge in [-0.15, -0.1) is 0 Å². The SMILES string of the molecule is CCCC(C)(NC(=O)C1CCC(=O)N1)C(=O)O. The van der Waals surface area contributed by atoms with Crippen molar-refractivity contribution in [3.05, 3.63) is 0 Å². The van der Waals surface area contributed by atoms with Crippen molar-refractivity contribution in [2.45, 2.75) is 51.1 Å². The van der Waals surface area contributed by atoms with Gasteiger partial charge in [0.25, 0.3) is 0 Å². The number of carboxylic acid groups (broad SMARTS) is 1. The van der Waals surface area contributed by atoms with Crippen molar-refractivity contribution in [2.75, 3.05) is 0 Å². The van der Waals surface area contributed by atoms with Gasteiger partial charge in [-0.1, -0.05) is 13.3 Å². The molecular formula is C11H18N2O4. The Morgan fingerprint density at radius 3 is 2.65 bits per heavy atom. The van der Waals surface area contributed by atoms with Crippen LogP contribution >= 0.6 is 0 Å². The van der Waals surface area contributed by atoms with E-state index < -0.39 is 23.5 Å². The summed E-state index contributed by atoms with van der Waals surface area (Å²) in [4.78, 5) is 33.9. The molecule has 0 aromatic rings. The van der Waals surface area contributed by atoms with Crippen LogP contribution in [-0.4, -0.2) is 34.5 Å². The van der Waals surface area contributed by atoms with Crippen molar-refractivity contribution >= 4 is 17.8 Å². The minimum absolute atomic E-state index is 0.169. The van der Waals surface area contributed by atoms with Crippen LogP contribution in [0.25, 0.3) is 0 Å². The van der Waals surface area contributed by atoms with Crippen molar-refractivity contribution in [1.82, 2.24) is 10.6 Å². The number of carboxylic acids is 1. The number of amides is 2. The summed E-state index contributed by atoms with van der Waals surface area (Å²) in [6.07, 6.45) is 1.75. The molecule has 1 saturated heterocycles. The molecule has 0 aliphatic carbocycles. The average Bonchev–Trinajstić information content (AvgIpc) is 2.65. The smallest absolute Gasteiger partial charge is 0.329 e. The lowest BCUT2D eigenvalue weighted by molar-refractivity contribution is -0.147. The van der Waals surface area contributed by atoms with E-state index in [1.165, 1.54) is 6.92 Å². The topological polar surface area (TPSA) is 95.5 Å². The van der Waals surface area contributed by atoms with Gasteiger partial charge >= 0.3 is 5.97 Å². The van der Waals surface area contributed by atoms with E-state index in [2.05, 4.69) is 10.6 Å². The maximum atomic E-state index is 11.8. The third kappa shape index (κ3) is 3.18. The molecule has 1 aliphatic rings. The molecule has 2 amide bonds. The van der Waals surface area contributed by atoms with Crippen molar-refractivity contribution in [2.24, 2.45) is 0 Å². The molecule has 1 aliphatic heterocycles. The lowest BCUT2D eigenvalue weighted by Crippen LogP contribution is -2.56. The van der Waals surface area contributed by atoms with Gasteiger partial charge in [-0.25, -0.2) is 4.79 Å². The van der Waals surface area contributed by atoms with Gasteiger partial charge in [0, 0.05) is 6.42 Å². The van der Waals surface area contributed by atoms with E-state index in [-0.39, 0.29) is 5.91 Å². The highest BCUT2D eigenvalue weighted by Gasteiger charge is 2.37. The summed E-state index contributed by atoms with van der Waals surface area (Å²) in [7, 11) is 0. The van der Waals surface area contributed by atoms with Gasteiger partial charge in [-0.05, 0) is 19.8 Å². The molecule has 2 atom stereocenters. The van der Waals surface area contributed by atoms with Gasteiger partial charge < -0.3 is 15.7 Å². The molecule has 96 valence electrons. The van der Waals surface area contributed by atoms with Crippen LogP contribution in [0.5, 0.6) is 0 Å². The Hall–Kier alpha value is -1.59. The van der Waals surface area contributed by atoms with Gasteiger partial charge in [0.05, 0.1) is 0 Å². The third-order valence-electron chi connectivity index (χ3n) is 2.93. The summed E-state index contributed by atoms with van der Waals surface area (Å²) < 4.78 is 0. The zero-order valence-electron chi connectivity index (χ0n) is 10.1. The molecule has 0 spiro atoms. The van der Waals surface area contributed by atoms with Crippen molar-refractivity contribution < 1.29 is 19.5 Å². The largest absolute Gasteiger partial charge is 0.480 e. The normalized spacial score (nSPS) is 22.7. The molecule has 1 heterocycles. The Morgan fingerprint density at radius 1 is 1.59 bits per heavy atom. The molecule has 3 N–H and O–H groups in total. The van der Waals surface area contributed by atoms with E-state index in [0.29, 0.717) is 25.7 Å². The first kappa shape index (κ1) is 13.5. The molecule has 0 aromatic carbocycles. The number of rotatable bonds is 5. The number of nitrogens with one attached hydrogen (secondary N) is 2. The van der Waals surface area contributed by atoms with Crippen LogP contribution in [0, 0.1) is 0 Å². The van der Waals surface area contributed by atoms with Crippen molar-refractivity contribution in [3.63, 3.8) is 0 Å². The molecule has 17 heavy (non-hydrogen) atoms. The molecule has 1 fully saturated rings. The van der Waals surface area contributed by atoms with Gasteiger partial charge in [0.2, 0.25) is 11.8 Å². The van der Waals surface area contributed by atoms with Gasteiger partial charge in [0.15, 0.2) is 0 Å². The summed E-state index contributed by atoms with van der Waals surface area (Å²) in [6, 6.07) is -0.599. The molecule has 2 unspecified atom stereocenters. The monoisotopic (exact) mass is 242 g/mol. The minimum atomic E-state index is -1.26. The zero-order chi connectivity index (χ0) is 13.1. The molecule has 0 saturated carbocycles. The fourth-order valence-electron chi connectivity index (χ4n) is 1.89. The van der Waals surface area contributed by atoms with E-state index in [1.54, 1.807) is 0 Å². The summed E-state index contributed by atoms with van der Waals surface area (Å²) in [5.74, 6) is -1.65. The Bertz CT molecular complexity index is 342. The quantitative estimate of drug-likeness (QED) is 0.633. The molecule has 0 radical (unpaired) electrons. The highest BCUT2D eigenvalue weighted by Crippen LogP contribution is 2.14. The fourth-order valence-corrected chi connectivity index (χ4v) is 1.89. The number of carbonyl (C=O) groups excluding carboxylic acids is 2. The first-order valence-corrected chi connectivity index (χ1v) is 5.74. The second kappa shape index (κ2) is 5.16. The summed E-state index contributed by atoms with van der Waals surface area (Å²) >= 11 is 0. The van der Waals surface area contributed by atoms with E-state index in [0.717, 1.165) is 0 Å². The van der Waals surface area contributed by atoms with Crippen LogP contribution in [0.4, 0.5) is 0 Å². The van der Waals surface area contributed by atoms with Crippen LogP contribution in [0.3, 0.4) is 0 Å². The predicted octanol–water partition coefficient (Wildman–Crippen LogP) is 0.0246. The molecule has 0 bridgehead atoms. The zero-order valence-corrected chi connectivity index (χ0v) is 10.1. The summed E-state index contributed by atoms with van der Waals surface area (Å²) in [5.41, 5.74) is -1.26. The average molecular weight is 242 g/mol. The van der Waals surface area contributed by atoms with Crippen LogP contribution in [-0.2, 0) is 14.4 Å². The second-order valence-electron chi connectivity index (χ2n) is 4.54.